The Balaban J connectivity index is 1.96. The Morgan fingerprint density at radius 3 is 2.33 bits per heavy atom. The Morgan fingerprint density at radius 2 is 1.70 bits per heavy atom. The molecule has 0 aliphatic heterocycles. The third-order valence-corrected chi connectivity index (χ3v) is 5.10. The van der Waals surface area contributed by atoms with Crippen molar-refractivity contribution >= 4 is 29.4 Å². The predicted molar refractivity (Wildman–Crippen MR) is 111 cm³/mol. The minimum Gasteiger partial charge on any atom is -0.464 e. The molecule has 2 N–H and O–H groups in total. The van der Waals surface area contributed by atoms with Crippen molar-refractivity contribution in [3.05, 3.63) is 65.2 Å². The number of benzene rings is 2. The molecule has 0 spiro atoms. The fraction of sp³-hybridized carbons (Fsp3) is 0.333. The van der Waals surface area contributed by atoms with Gasteiger partial charge in [-0.25, -0.2) is 9.59 Å². The molecule has 6 heteroatoms. The minimum atomic E-state index is -0.706. The Bertz CT molecular complexity index is 745. The number of thioether (sulfide) groups is 1. The SMILES string of the molecule is CCOC(=O)C(CSCc1ccccc1)NC(=O)Nc1c(C)cccc1C. The number of esters is 1. The van der Waals surface area contributed by atoms with Gasteiger partial charge >= 0.3 is 12.0 Å². The first kappa shape index (κ1) is 20.8. The topological polar surface area (TPSA) is 67.4 Å². The van der Waals surface area contributed by atoms with Gasteiger partial charge in [-0.3, -0.25) is 0 Å². The second-order valence-electron chi connectivity index (χ2n) is 6.17. The van der Waals surface area contributed by atoms with E-state index in [9.17, 15) is 9.59 Å². The fourth-order valence-electron chi connectivity index (χ4n) is 2.60. The number of carbonyl (C=O) groups is 2. The van der Waals surface area contributed by atoms with Crippen molar-refractivity contribution in [3.63, 3.8) is 0 Å². The van der Waals surface area contributed by atoms with Crippen LogP contribution in [0.2, 0.25) is 0 Å². The van der Waals surface area contributed by atoms with Gasteiger partial charge in [0.15, 0.2) is 0 Å². The van der Waals surface area contributed by atoms with Crippen molar-refractivity contribution in [3.8, 4) is 0 Å². The van der Waals surface area contributed by atoms with Crippen LogP contribution in [0, 0.1) is 13.8 Å². The van der Waals surface area contributed by atoms with E-state index in [4.69, 9.17) is 4.74 Å². The van der Waals surface area contributed by atoms with Gasteiger partial charge in [0, 0.05) is 17.2 Å². The van der Waals surface area contributed by atoms with Crippen molar-refractivity contribution in [2.24, 2.45) is 0 Å². The summed E-state index contributed by atoms with van der Waals surface area (Å²) in [6.07, 6.45) is 0. The van der Waals surface area contributed by atoms with Crippen LogP contribution in [-0.4, -0.2) is 30.4 Å². The molecule has 0 fully saturated rings. The van der Waals surface area contributed by atoms with Crippen LogP contribution >= 0.6 is 11.8 Å². The highest BCUT2D eigenvalue weighted by Crippen LogP contribution is 2.19. The van der Waals surface area contributed by atoms with E-state index in [0.29, 0.717) is 5.75 Å². The average molecular weight is 387 g/mol. The molecule has 0 aromatic heterocycles. The van der Waals surface area contributed by atoms with Gasteiger partial charge in [0.25, 0.3) is 0 Å². The lowest BCUT2D eigenvalue weighted by molar-refractivity contribution is -0.144. The number of aryl methyl sites for hydroxylation is 2. The van der Waals surface area contributed by atoms with E-state index < -0.39 is 18.0 Å². The highest BCUT2D eigenvalue weighted by atomic mass is 32.2. The molecule has 5 nitrogen and oxygen atoms in total. The van der Waals surface area contributed by atoms with Crippen molar-refractivity contribution in [1.29, 1.82) is 0 Å². The molecule has 0 aliphatic carbocycles. The third-order valence-electron chi connectivity index (χ3n) is 3.99. The minimum absolute atomic E-state index is 0.277. The number of amides is 2. The van der Waals surface area contributed by atoms with Gasteiger partial charge in [0.05, 0.1) is 6.61 Å². The molecule has 144 valence electrons. The van der Waals surface area contributed by atoms with Crippen LogP contribution in [0.25, 0.3) is 0 Å². The van der Waals surface area contributed by atoms with Gasteiger partial charge in [-0.05, 0) is 37.5 Å². The van der Waals surface area contributed by atoms with Crippen LogP contribution in [0.4, 0.5) is 10.5 Å². The maximum Gasteiger partial charge on any atom is 0.329 e. The molecule has 2 aromatic rings. The highest BCUT2D eigenvalue weighted by molar-refractivity contribution is 7.98. The summed E-state index contributed by atoms with van der Waals surface area (Å²) in [6, 6.07) is 14.7. The molecule has 27 heavy (non-hydrogen) atoms. The number of hydrogen-bond donors (Lipinski definition) is 2. The van der Waals surface area contributed by atoms with E-state index in [1.165, 1.54) is 5.56 Å². The first-order valence-corrected chi connectivity index (χ1v) is 10.1. The lowest BCUT2D eigenvalue weighted by Gasteiger charge is -2.18. The standard InChI is InChI=1S/C21H26N2O3S/c1-4-26-20(24)18(14-27-13-17-11-6-5-7-12-17)22-21(25)23-19-15(2)9-8-10-16(19)3/h5-12,18H,4,13-14H2,1-3H3,(H2,22,23,25). The smallest absolute Gasteiger partial charge is 0.329 e. The van der Waals surface area contributed by atoms with Crippen LogP contribution in [0.5, 0.6) is 0 Å². The summed E-state index contributed by atoms with van der Waals surface area (Å²) in [5.41, 5.74) is 3.87. The van der Waals surface area contributed by atoms with Gasteiger partial charge in [0.2, 0.25) is 0 Å². The first-order chi connectivity index (χ1) is 13.0. The van der Waals surface area contributed by atoms with E-state index in [0.717, 1.165) is 22.6 Å². The zero-order valence-electron chi connectivity index (χ0n) is 16.0. The van der Waals surface area contributed by atoms with Gasteiger partial charge in [-0.1, -0.05) is 48.5 Å². The molecular weight excluding hydrogens is 360 g/mol. The molecule has 0 bridgehead atoms. The van der Waals surface area contributed by atoms with Crippen LogP contribution in [0.15, 0.2) is 48.5 Å². The van der Waals surface area contributed by atoms with Crippen molar-refractivity contribution in [2.75, 3.05) is 17.7 Å². The van der Waals surface area contributed by atoms with Crippen LogP contribution in [-0.2, 0) is 15.3 Å². The molecule has 2 rings (SSSR count). The molecule has 0 radical (unpaired) electrons. The van der Waals surface area contributed by atoms with Gasteiger partial charge in [-0.2, -0.15) is 11.8 Å². The average Bonchev–Trinajstić information content (AvgIpc) is 2.65. The van der Waals surface area contributed by atoms with Crippen molar-refractivity contribution in [2.45, 2.75) is 32.6 Å². The van der Waals surface area contributed by atoms with E-state index >= 15 is 0 Å². The first-order valence-electron chi connectivity index (χ1n) is 8.93. The van der Waals surface area contributed by atoms with Crippen LogP contribution < -0.4 is 10.6 Å². The quantitative estimate of drug-likeness (QED) is 0.664. The summed E-state index contributed by atoms with van der Waals surface area (Å²) in [7, 11) is 0. The number of hydrogen-bond acceptors (Lipinski definition) is 4. The number of anilines is 1. The van der Waals surface area contributed by atoms with Crippen molar-refractivity contribution in [1.82, 2.24) is 5.32 Å². The normalized spacial score (nSPS) is 11.5. The monoisotopic (exact) mass is 386 g/mol. The van der Waals surface area contributed by atoms with Crippen LogP contribution in [0.1, 0.15) is 23.6 Å². The van der Waals surface area contributed by atoms with E-state index in [2.05, 4.69) is 10.6 Å². The molecule has 1 atom stereocenters. The zero-order chi connectivity index (χ0) is 19.6. The number of urea groups is 1. The van der Waals surface area contributed by atoms with Crippen molar-refractivity contribution < 1.29 is 14.3 Å². The number of carbonyl (C=O) groups excluding carboxylic acids is 2. The van der Waals surface area contributed by atoms with E-state index in [1.807, 2.05) is 62.4 Å². The number of rotatable bonds is 8. The molecule has 0 aliphatic rings. The van der Waals surface area contributed by atoms with Gasteiger partial charge in [0.1, 0.15) is 6.04 Å². The maximum absolute atomic E-state index is 12.4. The second-order valence-corrected chi connectivity index (χ2v) is 7.20. The lowest BCUT2D eigenvalue weighted by Crippen LogP contribution is -2.45. The zero-order valence-corrected chi connectivity index (χ0v) is 16.8. The van der Waals surface area contributed by atoms with Crippen LogP contribution in [0.3, 0.4) is 0 Å². The van der Waals surface area contributed by atoms with E-state index in [-0.39, 0.29) is 6.61 Å². The van der Waals surface area contributed by atoms with E-state index in [1.54, 1.807) is 18.7 Å². The highest BCUT2D eigenvalue weighted by Gasteiger charge is 2.22. The Hall–Kier alpha value is -2.47. The fourth-order valence-corrected chi connectivity index (χ4v) is 3.60. The molecular formula is C21H26N2O3S. The Morgan fingerprint density at radius 1 is 1.04 bits per heavy atom. The third kappa shape index (κ3) is 6.64. The number of ether oxygens (including phenoxy) is 1. The number of nitrogens with one attached hydrogen (secondary N) is 2. The number of para-hydroxylation sites is 1. The Kier molecular flexibility index (Phi) is 8.20. The summed E-state index contributed by atoms with van der Waals surface area (Å²) < 4.78 is 5.11. The summed E-state index contributed by atoms with van der Waals surface area (Å²) in [5.74, 6) is 0.778. The Labute approximate surface area is 164 Å². The summed E-state index contributed by atoms with van der Waals surface area (Å²) in [6.45, 7) is 5.89. The predicted octanol–water partition coefficient (Wildman–Crippen LogP) is 4.29. The van der Waals surface area contributed by atoms with Gasteiger partial charge < -0.3 is 15.4 Å². The molecule has 0 saturated carbocycles. The molecule has 1 unspecified atom stereocenters. The second kappa shape index (κ2) is 10.6. The lowest BCUT2D eigenvalue weighted by atomic mass is 10.1. The van der Waals surface area contributed by atoms with Gasteiger partial charge in [-0.15, -0.1) is 0 Å². The summed E-state index contributed by atoms with van der Waals surface area (Å²) >= 11 is 1.58. The summed E-state index contributed by atoms with van der Waals surface area (Å²) in [5, 5.41) is 5.59. The largest absolute Gasteiger partial charge is 0.464 e. The molecule has 0 heterocycles. The molecule has 2 aromatic carbocycles. The molecule has 2 amide bonds. The molecule has 0 saturated heterocycles. The summed E-state index contributed by atoms with van der Waals surface area (Å²) in [4.78, 5) is 24.7. The maximum atomic E-state index is 12.4.